The molecule has 0 atom stereocenters. The van der Waals surface area contributed by atoms with Crippen LogP contribution < -0.4 is 0 Å². The van der Waals surface area contributed by atoms with E-state index in [-0.39, 0.29) is 13.2 Å². The van der Waals surface area contributed by atoms with E-state index in [0.29, 0.717) is 0 Å². The van der Waals surface area contributed by atoms with Gasteiger partial charge in [0.05, 0.1) is 13.2 Å². The van der Waals surface area contributed by atoms with Crippen LogP contribution in [0.15, 0.2) is 65.8 Å². The summed E-state index contributed by atoms with van der Waals surface area (Å²) in [4.78, 5) is 0. The minimum Gasteiger partial charge on any atom is -0.394 e. The summed E-state index contributed by atoms with van der Waals surface area (Å²) in [5.41, 5.74) is 0. The van der Waals surface area contributed by atoms with Gasteiger partial charge in [0.15, 0.2) is 0 Å². The van der Waals surface area contributed by atoms with Crippen LogP contribution in [-0.4, -0.2) is 36.6 Å². The Morgan fingerprint density at radius 1 is 0.650 bits per heavy atom. The minimum absolute atomic E-state index is 0.125. The molecular formula is C17H38O3. The zero-order chi connectivity index (χ0) is 18.2. The molecule has 0 aromatic rings. The lowest BCUT2D eigenvalue weighted by atomic mass is 10.5. The van der Waals surface area contributed by atoms with Gasteiger partial charge in [0.1, 0.15) is 0 Å². The van der Waals surface area contributed by atoms with Gasteiger partial charge in [-0.05, 0) is 13.3 Å². The van der Waals surface area contributed by atoms with E-state index in [2.05, 4.69) is 72.7 Å². The van der Waals surface area contributed by atoms with Crippen molar-refractivity contribution in [2.24, 2.45) is 0 Å². The third-order valence-electron chi connectivity index (χ3n) is 0.653. The topological polar surface area (TPSA) is 49.7 Å². The van der Waals surface area contributed by atoms with Crippen LogP contribution >= 0.6 is 0 Å². The highest BCUT2D eigenvalue weighted by molar-refractivity contribution is 4.23. The van der Waals surface area contributed by atoms with Crippen molar-refractivity contribution < 1.29 is 14.9 Å². The minimum atomic E-state index is -0.125. The molecule has 0 heterocycles. The van der Waals surface area contributed by atoms with E-state index in [1.807, 2.05) is 6.92 Å². The van der Waals surface area contributed by atoms with Gasteiger partial charge >= 0.3 is 0 Å². The summed E-state index contributed by atoms with van der Waals surface area (Å²) in [5, 5.41) is 15.2. The Hall–Kier alpha value is -1.42. The Morgan fingerprint density at radius 2 is 0.900 bits per heavy atom. The molecular weight excluding hydrogens is 252 g/mol. The molecule has 0 aliphatic carbocycles. The molecule has 0 radical (unpaired) electrons. The van der Waals surface area contributed by atoms with Crippen LogP contribution in [0.4, 0.5) is 0 Å². The fraction of sp³-hybridized carbons (Fsp3) is 0.412. The van der Waals surface area contributed by atoms with Gasteiger partial charge in [-0.25, -0.2) is 0 Å². The maximum atomic E-state index is 7.62. The molecule has 0 amide bonds. The quantitative estimate of drug-likeness (QED) is 0.595. The maximum absolute atomic E-state index is 7.62. The Labute approximate surface area is 128 Å². The highest BCUT2D eigenvalue weighted by Gasteiger charge is 1.72. The van der Waals surface area contributed by atoms with Crippen molar-refractivity contribution in [3.05, 3.63) is 65.8 Å². The zero-order valence-corrected chi connectivity index (χ0v) is 13.9. The number of aliphatic hydroxyl groups excluding tert-OH is 2. The summed E-state index contributed by atoms with van der Waals surface area (Å²) in [6, 6.07) is 0. The van der Waals surface area contributed by atoms with Crippen molar-refractivity contribution in [2.75, 3.05) is 26.4 Å². The summed E-state index contributed by atoms with van der Waals surface area (Å²) >= 11 is 0. The van der Waals surface area contributed by atoms with Gasteiger partial charge in [-0.3, -0.25) is 0 Å². The van der Waals surface area contributed by atoms with Gasteiger partial charge in [0.2, 0.25) is 0 Å². The molecule has 0 fully saturated rings. The monoisotopic (exact) mass is 290 g/mol. The molecule has 0 rings (SSSR count). The predicted octanol–water partition coefficient (Wildman–Crippen LogP) is 4.41. The van der Waals surface area contributed by atoms with Crippen LogP contribution in [0.25, 0.3) is 0 Å². The maximum Gasteiger partial charge on any atom is 0.0662 e. The second-order valence-corrected chi connectivity index (χ2v) is 1.64. The molecule has 0 bridgehead atoms. The first-order valence-corrected chi connectivity index (χ1v) is 6.12. The Kier molecular flexibility index (Phi) is 493. The summed E-state index contributed by atoms with van der Waals surface area (Å²) in [7, 11) is 0. The van der Waals surface area contributed by atoms with Crippen molar-refractivity contribution in [3.8, 4) is 0 Å². The fourth-order valence-corrected chi connectivity index (χ4v) is 0.289. The average molecular weight is 290 g/mol. The lowest BCUT2D eigenvalue weighted by Crippen LogP contribution is -1.88. The van der Waals surface area contributed by atoms with Crippen LogP contribution in [0.2, 0.25) is 0 Å². The van der Waals surface area contributed by atoms with Crippen molar-refractivity contribution in [1.29, 1.82) is 0 Å². The molecule has 2 N–H and O–H groups in total. The van der Waals surface area contributed by atoms with Crippen LogP contribution in [0.1, 0.15) is 20.3 Å². The molecule has 124 valence electrons. The summed E-state index contributed by atoms with van der Waals surface area (Å²) in [5.74, 6) is 0. The predicted molar refractivity (Wildman–Crippen MR) is 97.2 cm³/mol. The van der Waals surface area contributed by atoms with Gasteiger partial charge in [-0.2, -0.15) is 0 Å². The van der Waals surface area contributed by atoms with Gasteiger partial charge in [0, 0.05) is 13.2 Å². The van der Waals surface area contributed by atoms with Crippen LogP contribution in [0, 0.1) is 0 Å². The molecule has 0 spiro atoms. The van der Waals surface area contributed by atoms with Gasteiger partial charge in [-0.1, -0.05) is 6.92 Å². The summed E-state index contributed by atoms with van der Waals surface area (Å²) in [6.45, 7) is 35.6. The molecule has 20 heavy (non-hydrogen) atoms. The second kappa shape index (κ2) is 230. The van der Waals surface area contributed by atoms with E-state index >= 15 is 0 Å². The number of rotatable bonds is 4. The average Bonchev–Trinajstić information content (AvgIpc) is 2.62. The van der Waals surface area contributed by atoms with Crippen molar-refractivity contribution in [2.45, 2.75) is 20.3 Å². The standard InChI is InChI=1S/C5H12O.C2H6O2.5C2H4/c1-3-5-6-4-2;3-1-2-4;5*1-2/h3-5H2,1-2H3;3-4H,1-2H2;5*1-2H2. The number of hydrogen-bond acceptors (Lipinski definition) is 3. The van der Waals surface area contributed by atoms with E-state index in [1.165, 1.54) is 0 Å². The van der Waals surface area contributed by atoms with Crippen molar-refractivity contribution >= 4 is 0 Å². The SMILES string of the molecule is C=C.C=C.C=C.C=C.C=C.CCCOCC.OCCO. The van der Waals surface area contributed by atoms with E-state index in [9.17, 15) is 0 Å². The van der Waals surface area contributed by atoms with Crippen LogP contribution in [0.3, 0.4) is 0 Å². The highest BCUT2D eigenvalue weighted by atomic mass is 16.5. The largest absolute Gasteiger partial charge is 0.394 e. The highest BCUT2D eigenvalue weighted by Crippen LogP contribution is 1.75. The first-order valence-electron chi connectivity index (χ1n) is 6.12. The molecule has 3 nitrogen and oxygen atoms in total. The number of ether oxygens (including phenoxy) is 1. The molecule has 0 unspecified atom stereocenters. The van der Waals surface area contributed by atoms with Crippen molar-refractivity contribution in [3.63, 3.8) is 0 Å². The first kappa shape index (κ1) is 42.8. The van der Waals surface area contributed by atoms with Gasteiger partial charge in [-0.15, -0.1) is 65.8 Å². The molecule has 3 heteroatoms. The normalized spacial score (nSPS) is 5.20. The molecule has 0 aliphatic heterocycles. The third-order valence-corrected chi connectivity index (χ3v) is 0.653. The number of aliphatic hydroxyl groups is 2. The Balaban J connectivity index is -0.0000000214. The Morgan fingerprint density at radius 3 is 0.950 bits per heavy atom. The molecule has 0 aromatic carbocycles. The second-order valence-electron chi connectivity index (χ2n) is 1.64. The fourth-order valence-electron chi connectivity index (χ4n) is 0.289. The molecule has 0 aromatic heterocycles. The number of hydrogen-bond donors (Lipinski definition) is 2. The molecule has 0 saturated heterocycles. The summed E-state index contributed by atoms with van der Waals surface area (Å²) in [6.07, 6.45) is 1.13. The van der Waals surface area contributed by atoms with Gasteiger partial charge in [0.25, 0.3) is 0 Å². The Bertz CT molecular complexity index is 70.7. The van der Waals surface area contributed by atoms with E-state index in [1.54, 1.807) is 0 Å². The van der Waals surface area contributed by atoms with Crippen LogP contribution in [0.5, 0.6) is 0 Å². The van der Waals surface area contributed by atoms with Crippen molar-refractivity contribution in [1.82, 2.24) is 0 Å². The van der Waals surface area contributed by atoms with Crippen LogP contribution in [-0.2, 0) is 4.74 Å². The first-order chi connectivity index (χ1) is 9.83. The van der Waals surface area contributed by atoms with E-state index in [0.717, 1.165) is 19.6 Å². The zero-order valence-electron chi connectivity index (χ0n) is 13.9. The van der Waals surface area contributed by atoms with E-state index in [4.69, 9.17) is 14.9 Å². The van der Waals surface area contributed by atoms with E-state index < -0.39 is 0 Å². The lowest BCUT2D eigenvalue weighted by molar-refractivity contribution is 0.148. The smallest absolute Gasteiger partial charge is 0.0662 e. The van der Waals surface area contributed by atoms with Gasteiger partial charge < -0.3 is 14.9 Å². The lowest BCUT2D eigenvalue weighted by Gasteiger charge is -1.91. The molecule has 0 aliphatic rings. The summed E-state index contributed by atoms with van der Waals surface area (Å²) < 4.78 is 4.98. The third kappa shape index (κ3) is 605. The molecule has 0 saturated carbocycles.